The molecule has 3 aromatic rings. The van der Waals surface area contributed by atoms with Crippen molar-refractivity contribution in [2.24, 2.45) is 5.10 Å². The highest BCUT2D eigenvalue weighted by atomic mass is 16.3. The third-order valence-corrected chi connectivity index (χ3v) is 4.44. The summed E-state index contributed by atoms with van der Waals surface area (Å²) in [4.78, 5) is 0. The number of rotatable bonds is 3. The molecule has 0 N–H and O–H groups in total. The molecular weight excluding hydrogens is 296 g/mol. The summed E-state index contributed by atoms with van der Waals surface area (Å²) in [6.07, 6.45) is 2.54. The zero-order valence-electron chi connectivity index (χ0n) is 13.9. The summed E-state index contributed by atoms with van der Waals surface area (Å²) in [5.74, 6) is 0.849. The molecule has 1 aliphatic heterocycles. The Hall–Kier alpha value is -2.81. The Morgan fingerprint density at radius 3 is 2.50 bits per heavy atom. The summed E-state index contributed by atoms with van der Waals surface area (Å²) in [6.45, 7) is 4.22. The van der Waals surface area contributed by atoms with Crippen molar-refractivity contribution in [1.29, 1.82) is 0 Å². The van der Waals surface area contributed by atoms with Crippen LogP contribution in [0.2, 0.25) is 0 Å². The number of anilines is 1. The van der Waals surface area contributed by atoms with Crippen LogP contribution in [0.4, 0.5) is 5.69 Å². The minimum atomic E-state index is 0.187. The van der Waals surface area contributed by atoms with Gasteiger partial charge in [0, 0.05) is 6.42 Å². The Morgan fingerprint density at radius 1 is 0.958 bits per heavy atom. The van der Waals surface area contributed by atoms with Crippen LogP contribution >= 0.6 is 0 Å². The lowest BCUT2D eigenvalue weighted by Crippen LogP contribution is -2.18. The second-order valence-corrected chi connectivity index (χ2v) is 6.34. The van der Waals surface area contributed by atoms with Crippen LogP contribution in [-0.4, -0.2) is 5.71 Å². The molecule has 0 saturated carbocycles. The maximum absolute atomic E-state index is 5.57. The Balaban J connectivity index is 1.76. The van der Waals surface area contributed by atoms with Gasteiger partial charge in [-0.3, -0.25) is 5.01 Å². The quantitative estimate of drug-likeness (QED) is 0.660. The molecule has 24 heavy (non-hydrogen) atoms. The molecule has 120 valence electrons. The monoisotopic (exact) mass is 316 g/mol. The van der Waals surface area contributed by atoms with Crippen LogP contribution in [0, 0.1) is 13.8 Å². The first-order valence-electron chi connectivity index (χ1n) is 8.24. The number of furan rings is 1. The molecule has 0 aliphatic carbocycles. The van der Waals surface area contributed by atoms with Gasteiger partial charge in [-0.1, -0.05) is 42.0 Å². The smallest absolute Gasteiger partial charge is 0.149 e. The van der Waals surface area contributed by atoms with Crippen molar-refractivity contribution in [3.63, 3.8) is 0 Å². The van der Waals surface area contributed by atoms with Gasteiger partial charge in [0.1, 0.15) is 11.5 Å². The van der Waals surface area contributed by atoms with E-state index in [2.05, 4.69) is 67.4 Å². The first kappa shape index (κ1) is 14.8. The van der Waals surface area contributed by atoms with E-state index in [1.54, 1.807) is 6.26 Å². The van der Waals surface area contributed by atoms with Gasteiger partial charge in [0.25, 0.3) is 0 Å². The normalized spacial score (nSPS) is 17.2. The largest absolute Gasteiger partial charge is 0.463 e. The van der Waals surface area contributed by atoms with Crippen LogP contribution in [0.3, 0.4) is 0 Å². The molecule has 0 spiro atoms. The van der Waals surface area contributed by atoms with E-state index in [1.807, 2.05) is 12.1 Å². The third kappa shape index (κ3) is 2.73. The third-order valence-electron chi connectivity index (χ3n) is 4.44. The molecule has 3 heteroatoms. The van der Waals surface area contributed by atoms with E-state index in [9.17, 15) is 0 Å². The van der Waals surface area contributed by atoms with Crippen LogP contribution in [0.15, 0.2) is 76.4 Å². The lowest BCUT2D eigenvalue weighted by molar-refractivity contribution is 0.556. The minimum absolute atomic E-state index is 0.187. The number of nitrogens with zero attached hydrogens (tertiary/aromatic N) is 2. The average Bonchev–Trinajstić information content (AvgIpc) is 3.25. The first-order chi connectivity index (χ1) is 11.7. The fourth-order valence-corrected chi connectivity index (χ4v) is 3.16. The van der Waals surface area contributed by atoms with E-state index in [4.69, 9.17) is 9.52 Å². The van der Waals surface area contributed by atoms with Crippen molar-refractivity contribution in [2.75, 3.05) is 5.01 Å². The molecular formula is C21H20N2O. The molecule has 0 amide bonds. The van der Waals surface area contributed by atoms with E-state index in [0.717, 1.165) is 23.6 Å². The van der Waals surface area contributed by atoms with Gasteiger partial charge in [-0.2, -0.15) is 5.10 Å². The molecule has 1 aliphatic rings. The predicted octanol–water partition coefficient (Wildman–Crippen LogP) is 5.25. The van der Waals surface area contributed by atoms with Crippen molar-refractivity contribution in [2.45, 2.75) is 26.3 Å². The number of hydrogen-bond donors (Lipinski definition) is 0. The minimum Gasteiger partial charge on any atom is -0.463 e. The Kier molecular flexibility index (Phi) is 3.69. The molecule has 2 aromatic carbocycles. The van der Waals surface area contributed by atoms with E-state index in [0.29, 0.717) is 0 Å². The van der Waals surface area contributed by atoms with Crippen LogP contribution in [0.1, 0.15) is 34.9 Å². The second kappa shape index (κ2) is 6.00. The highest BCUT2D eigenvalue weighted by Crippen LogP contribution is 2.37. The van der Waals surface area contributed by atoms with Gasteiger partial charge in [0.15, 0.2) is 0 Å². The molecule has 0 bridgehead atoms. The molecule has 1 atom stereocenters. The van der Waals surface area contributed by atoms with Gasteiger partial charge >= 0.3 is 0 Å². The molecule has 4 rings (SSSR count). The number of benzene rings is 2. The number of aryl methyl sites for hydroxylation is 2. The zero-order chi connectivity index (χ0) is 16.5. The molecule has 1 unspecified atom stereocenters. The summed E-state index contributed by atoms with van der Waals surface area (Å²) < 4.78 is 5.57. The maximum Gasteiger partial charge on any atom is 0.149 e. The highest BCUT2D eigenvalue weighted by molar-refractivity contribution is 6.01. The fraction of sp³-hybridized carbons (Fsp3) is 0.190. The van der Waals surface area contributed by atoms with Gasteiger partial charge in [0.05, 0.1) is 18.0 Å². The fourth-order valence-electron chi connectivity index (χ4n) is 3.16. The SMILES string of the molecule is Cc1ccc(C2CC(c3ccco3)=NN2c2cccc(C)c2)cc1. The Bertz CT molecular complexity index is 863. The van der Waals surface area contributed by atoms with Crippen molar-refractivity contribution < 1.29 is 4.42 Å². The van der Waals surface area contributed by atoms with Gasteiger partial charge < -0.3 is 4.42 Å². The summed E-state index contributed by atoms with van der Waals surface area (Å²) in [5, 5.41) is 7.00. The number of hydrogen-bond acceptors (Lipinski definition) is 3. The molecule has 1 aromatic heterocycles. The van der Waals surface area contributed by atoms with Crippen molar-refractivity contribution in [1.82, 2.24) is 0 Å². The van der Waals surface area contributed by atoms with Crippen molar-refractivity contribution in [3.8, 4) is 0 Å². The van der Waals surface area contributed by atoms with Crippen LogP contribution in [0.25, 0.3) is 0 Å². The Morgan fingerprint density at radius 2 is 1.79 bits per heavy atom. The van der Waals surface area contributed by atoms with E-state index >= 15 is 0 Å². The first-order valence-corrected chi connectivity index (χ1v) is 8.24. The molecule has 0 saturated heterocycles. The average molecular weight is 316 g/mol. The van der Waals surface area contributed by atoms with Gasteiger partial charge in [0.2, 0.25) is 0 Å². The van der Waals surface area contributed by atoms with Crippen molar-refractivity contribution in [3.05, 3.63) is 89.4 Å². The Labute approximate surface area is 142 Å². The van der Waals surface area contributed by atoms with Gasteiger partial charge in [-0.05, 0) is 49.2 Å². The summed E-state index contributed by atoms with van der Waals surface area (Å²) >= 11 is 0. The van der Waals surface area contributed by atoms with Crippen LogP contribution in [0.5, 0.6) is 0 Å². The van der Waals surface area contributed by atoms with E-state index < -0.39 is 0 Å². The molecule has 0 fully saturated rings. The molecule has 2 heterocycles. The summed E-state index contributed by atoms with van der Waals surface area (Å²) in [6, 6.07) is 21.3. The highest BCUT2D eigenvalue weighted by Gasteiger charge is 2.30. The van der Waals surface area contributed by atoms with Crippen molar-refractivity contribution >= 4 is 11.4 Å². The van der Waals surface area contributed by atoms with Gasteiger partial charge in [-0.25, -0.2) is 0 Å². The topological polar surface area (TPSA) is 28.7 Å². The predicted molar refractivity (Wildman–Crippen MR) is 97.4 cm³/mol. The lowest BCUT2D eigenvalue weighted by atomic mass is 9.99. The van der Waals surface area contributed by atoms with E-state index in [-0.39, 0.29) is 6.04 Å². The zero-order valence-corrected chi connectivity index (χ0v) is 13.9. The molecule has 3 nitrogen and oxygen atoms in total. The second-order valence-electron chi connectivity index (χ2n) is 6.34. The lowest BCUT2D eigenvalue weighted by Gasteiger charge is -2.24. The summed E-state index contributed by atoms with van der Waals surface area (Å²) in [5.41, 5.74) is 5.88. The van der Waals surface area contributed by atoms with Crippen LogP contribution in [-0.2, 0) is 0 Å². The number of hydrazone groups is 1. The molecule has 0 radical (unpaired) electrons. The van der Waals surface area contributed by atoms with E-state index in [1.165, 1.54) is 16.7 Å². The standard InChI is InChI=1S/C21H20N2O/c1-15-8-10-17(11-9-15)20-14-19(21-7-4-12-24-21)22-23(20)18-6-3-5-16(2)13-18/h3-13,20H,14H2,1-2H3. The summed E-state index contributed by atoms with van der Waals surface area (Å²) in [7, 11) is 0. The van der Waals surface area contributed by atoms with Crippen LogP contribution < -0.4 is 5.01 Å². The van der Waals surface area contributed by atoms with Gasteiger partial charge in [-0.15, -0.1) is 0 Å². The maximum atomic E-state index is 5.57.